The molecule has 5 rings (SSSR count). The maximum absolute atomic E-state index is 13.8. The number of hydrogen-bond donors (Lipinski definition) is 1. The van der Waals surface area contributed by atoms with Crippen LogP contribution in [0.2, 0.25) is 0 Å². The van der Waals surface area contributed by atoms with Gasteiger partial charge in [0.05, 0.1) is 16.1 Å². The number of benzene rings is 2. The highest BCUT2D eigenvalue weighted by Gasteiger charge is 2.43. The molecule has 3 aromatic rings. The second-order valence-corrected chi connectivity index (χ2v) is 11.4. The van der Waals surface area contributed by atoms with Crippen LogP contribution in [0, 0.1) is 19.8 Å². The average molecular weight is 531 g/mol. The Bertz CT molecular complexity index is 1380. The number of likely N-dealkylation sites (tertiary alicyclic amines) is 1. The molecule has 3 heterocycles. The number of aromatic nitrogens is 1. The van der Waals surface area contributed by atoms with Crippen molar-refractivity contribution in [3.63, 3.8) is 0 Å². The lowest BCUT2D eigenvalue weighted by molar-refractivity contribution is -0.143. The van der Waals surface area contributed by atoms with Gasteiger partial charge < -0.3 is 15.1 Å². The van der Waals surface area contributed by atoms with Crippen LogP contribution in [0.5, 0.6) is 0 Å². The van der Waals surface area contributed by atoms with E-state index in [-0.39, 0.29) is 23.6 Å². The van der Waals surface area contributed by atoms with Gasteiger partial charge in [-0.1, -0.05) is 50.2 Å². The molecule has 0 aliphatic carbocycles. The molecule has 1 N–H and O–H groups in total. The van der Waals surface area contributed by atoms with Crippen LogP contribution in [0.1, 0.15) is 59.4 Å². The summed E-state index contributed by atoms with van der Waals surface area (Å²) in [5, 5.41) is 3.07. The van der Waals surface area contributed by atoms with Crippen LogP contribution in [0.15, 0.2) is 48.0 Å². The molecule has 38 heavy (non-hydrogen) atoms. The van der Waals surface area contributed by atoms with Crippen molar-refractivity contribution in [1.82, 2.24) is 20.1 Å². The van der Waals surface area contributed by atoms with Crippen LogP contribution in [-0.2, 0) is 22.7 Å². The van der Waals surface area contributed by atoms with E-state index in [0.717, 1.165) is 39.2 Å². The smallest absolute Gasteiger partial charge is 0.255 e. The highest BCUT2D eigenvalue weighted by molar-refractivity contribution is 7.13. The lowest BCUT2D eigenvalue weighted by Crippen LogP contribution is -2.55. The number of carbonyl (C=O) groups excluding carboxylic acids is 3. The van der Waals surface area contributed by atoms with E-state index in [1.54, 1.807) is 21.1 Å². The highest BCUT2D eigenvalue weighted by Crippen LogP contribution is 2.31. The Kier molecular flexibility index (Phi) is 7.34. The minimum atomic E-state index is -0.603. The minimum Gasteiger partial charge on any atom is -0.350 e. The molecule has 2 aliphatic rings. The maximum atomic E-state index is 13.8. The van der Waals surface area contributed by atoms with Gasteiger partial charge >= 0.3 is 0 Å². The first-order chi connectivity index (χ1) is 18.3. The van der Waals surface area contributed by atoms with E-state index in [1.165, 1.54) is 0 Å². The van der Waals surface area contributed by atoms with Gasteiger partial charge in [-0.25, -0.2) is 4.98 Å². The normalized spacial score (nSPS) is 17.7. The summed E-state index contributed by atoms with van der Waals surface area (Å²) in [5.41, 5.74) is 7.74. The molecule has 2 atom stereocenters. The Balaban J connectivity index is 1.27. The summed E-state index contributed by atoms with van der Waals surface area (Å²) in [6, 6.07) is 12.6. The predicted molar refractivity (Wildman–Crippen MR) is 149 cm³/mol. The van der Waals surface area contributed by atoms with Gasteiger partial charge in [0, 0.05) is 25.2 Å². The molecule has 8 heteroatoms. The van der Waals surface area contributed by atoms with Gasteiger partial charge in [-0.15, -0.1) is 11.3 Å². The molecule has 2 aliphatic heterocycles. The number of carbonyl (C=O) groups is 3. The topological polar surface area (TPSA) is 82.6 Å². The van der Waals surface area contributed by atoms with Crippen molar-refractivity contribution in [3.8, 4) is 10.4 Å². The van der Waals surface area contributed by atoms with Gasteiger partial charge in [-0.3, -0.25) is 14.4 Å². The summed E-state index contributed by atoms with van der Waals surface area (Å²) in [4.78, 5) is 49.2. The first-order valence-electron chi connectivity index (χ1n) is 13.2. The molecule has 0 unspecified atom stereocenters. The number of amides is 3. The van der Waals surface area contributed by atoms with Crippen molar-refractivity contribution in [2.45, 2.75) is 65.7 Å². The Morgan fingerprint density at radius 3 is 2.63 bits per heavy atom. The van der Waals surface area contributed by atoms with Crippen LogP contribution < -0.4 is 5.32 Å². The summed E-state index contributed by atoms with van der Waals surface area (Å²) in [6.07, 6.45) is 1.39. The van der Waals surface area contributed by atoms with Crippen molar-refractivity contribution in [1.29, 1.82) is 0 Å². The molecule has 0 bridgehead atoms. The van der Waals surface area contributed by atoms with Gasteiger partial charge in [0.2, 0.25) is 11.8 Å². The molecule has 2 aromatic carbocycles. The van der Waals surface area contributed by atoms with E-state index in [4.69, 9.17) is 0 Å². The summed E-state index contributed by atoms with van der Waals surface area (Å²) < 4.78 is 0. The lowest BCUT2D eigenvalue weighted by atomic mass is 10.00. The number of rotatable bonds is 7. The zero-order chi connectivity index (χ0) is 27.0. The molecule has 3 amide bonds. The molecule has 1 fully saturated rings. The maximum Gasteiger partial charge on any atom is 0.255 e. The standard InChI is InChI=1S/C30H34N4O3S/c1-18(2)26(34-16-23-8-5-6-9-24(23)29(34)36)30(37)33-13-7-10-25(33)28(35)31-15-22-12-11-21(14-19(22)3)27-20(4)32-17-38-27/h5-6,8-9,11-12,14,17-18,25-26H,7,10,13,15-16H2,1-4H3,(H,31,35)/t25-,26-/m0/s1. The molecule has 7 nitrogen and oxygen atoms in total. The minimum absolute atomic E-state index is 0.0755. The lowest BCUT2D eigenvalue weighted by Gasteiger charge is -2.35. The van der Waals surface area contributed by atoms with Crippen LogP contribution in [0.25, 0.3) is 10.4 Å². The molecule has 0 radical (unpaired) electrons. The van der Waals surface area contributed by atoms with Crippen LogP contribution in [0.4, 0.5) is 0 Å². The van der Waals surface area contributed by atoms with Crippen molar-refractivity contribution >= 4 is 29.1 Å². The number of nitrogens with zero attached hydrogens (tertiary/aromatic N) is 3. The molecule has 198 valence electrons. The second kappa shape index (κ2) is 10.7. The summed E-state index contributed by atoms with van der Waals surface area (Å²) in [7, 11) is 0. The second-order valence-electron chi connectivity index (χ2n) is 10.6. The van der Waals surface area contributed by atoms with Gasteiger partial charge in [-0.2, -0.15) is 0 Å². The van der Waals surface area contributed by atoms with E-state index < -0.39 is 12.1 Å². The Labute approximate surface area is 227 Å². The molecular formula is C30H34N4O3S. The Morgan fingerprint density at radius 1 is 1.16 bits per heavy atom. The van der Waals surface area contributed by atoms with E-state index in [0.29, 0.717) is 31.6 Å². The van der Waals surface area contributed by atoms with Gasteiger partial charge in [0.25, 0.3) is 5.91 Å². The van der Waals surface area contributed by atoms with E-state index in [2.05, 4.69) is 22.4 Å². The number of hydrogen-bond acceptors (Lipinski definition) is 5. The quantitative estimate of drug-likeness (QED) is 0.480. The van der Waals surface area contributed by atoms with Crippen LogP contribution in [-0.4, -0.2) is 51.1 Å². The molecule has 1 aromatic heterocycles. The summed E-state index contributed by atoms with van der Waals surface area (Å²) in [5.74, 6) is -0.468. The number of fused-ring (bicyclic) bond motifs is 1. The third-order valence-electron chi connectivity index (χ3n) is 7.71. The highest BCUT2D eigenvalue weighted by atomic mass is 32.1. The molecular weight excluding hydrogens is 496 g/mol. The van der Waals surface area contributed by atoms with E-state index >= 15 is 0 Å². The summed E-state index contributed by atoms with van der Waals surface area (Å²) >= 11 is 1.62. The number of aryl methyl sites for hydroxylation is 2. The van der Waals surface area contributed by atoms with Gasteiger partial charge in [0.1, 0.15) is 12.1 Å². The van der Waals surface area contributed by atoms with E-state index in [9.17, 15) is 14.4 Å². The average Bonchev–Trinajstić information content (AvgIpc) is 3.63. The van der Waals surface area contributed by atoms with Crippen molar-refractivity contribution in [2.24, 2.45) is 5.92 Å². The number of nitrogens with one attached hydrogen (secondary N) is 1. The fourth-order valence-electron chi connectivity index (χ4n) is 5.67. The largest absolute Gasteiger partial charge is 0.350 e. The van der Waals surface area contributed by atoms with Crippen molar-refractivity contribution in [2.75, 3.05) is 6.54 Å². The third-order valence-corrected chi connectivity index (χ3v) is 8.69. The fourth-order valence-corrected chi connectivity index (χ4v) is 6.47. The van der Waals surface area contributed by atoms with E-state index in [1.807, 2.05) is 63.5 Å². The summed E-state index contributed by atoms with van der Waals surface area (Å²) in [6.45, 7) is 9.33. The van der Waals surface area contributed by atoms with Gasteiger partial charge in [0.15, 0.2) is 0 Å². The Hall–Kier alpha value is -3.52. The van der Waals surface area contributed by atoms with Crippen molar-refractivity contribution < 1.29 is 14.4 Å². The molecule has 0 saturated carbocycles. The van der Waals surface area contributed by atoms with Crippen molar-refractivity contribution in [3.05, 3.63) is 75.9 Å². The fraction of sp³-hybridized carbons (Fsp3) is 0.400. The zero-order valence-electron chi connectivity index (χ0n) is 22.4. The monoisotopic (exact) mass is 530 g/mol. The van der Waals surface area contributed by atoms with Gasteiger partial charge in [-0.05, 0) is 60.9 Å². The zero-order valence-corrected chi connectivity index (χ0v) is 23.2. The predicted octanol–water partition coefficient (Wildman–Crippen LogP) is 4.71. The first-order valence-corrected chi connectivity index (χ1v) is 14.1. The van der Waals surface area contributed by atoms with Crippen LogP contribution in [0.3, 0.4) is 0 Å². The molecule has 1 saturated heterocycles. The third kappa shape index (κ3) is 4.85. The van der Waals surface area contributed by atoms with Crippen LogP contribution >= 0.6 is 11.3 Å². The first kappa shape index (κ1) is 26.1. The number of thiazole rings is 1. The Morgan fingerprint density at radius 2 is 1.95 bits per heavy atom. The molecule has 0 spiro atoms. The SMILES string of the molecule is Cc1cc(-c2scnc2C)ccc1CNC(=O)[C@@H]1CCCN1C(=O)[C@H](C(C)C)N1Cc2ccccc2C1=O.